The number of carbonyl (C=O) groups excluding carboxylic acids is 2. The van der Waals surface area contributed by atoms with E-state index in [1.165, 1.54) is 24.5 Å². The van der Waals surface area contributed by atoms with Gasteiger partial charge in [-0.3, -0.25) is 9.59 Å². The van der Waals surface area contributed by atoms with Gasteiger partial charge in [0.25, 0.3) is 5.91 Å². The third-order valence-corrected chi connectivity index (χ3v) is 7.82. The molecule has 1 aliphatic rings. The van der Waals surface area contributed by atoms with E-state index in [0.717, 1.165) is 29.5 Å². The highest BCUT2D eigenvalue weighted by Crippen LogP contribution is 2.33. The molecule has 188 valence electrons. The van der Waals surface area contributed by atoms with Crippen LogP contribution in [0.5, 0.6) is 0 Å². The molecule has 0 bridgehead atoms. The van der Waals surface area contributed by atoms with Crippen LogP contribution in [0.25, 0.3) is 21.5 Å². The van der Waals surface area contributed by atoms with E-state index >= 15 is 4.39 Å². The summed E-state index contributed by atoms with van der Waals surface area (Å²) in [7, 11) is 0. The molecule has 0 radical (unpaired) electrons. The molecule has 1 unspecified atom stereocenters. The average Bonchev–Trinajstić information content (AvgIpc) is 3.53. The highest BCUT2D eigenvalue weighted by atomic mass is 32.2. The molecule has 0 spiro atoms. The first kappa shape index (κ1) is 24.8. The molecule has 1 atom stereocenters. The van der Waals surface area contributed by atoms with Crippen LogP contribution in [0.2, 0.25) is 0 Å². The van der Waals surface area contributed by atoms with E-state index in [1.807, 2.05) is 0 Å². The number of fused-ring (bicyclic) bond motifs is 1. The van der Waals surface area contributed by atoms with Crippen molar-refractivity contribution >= 4 is 50.8 Å². The van der Waals surface area contributed by atoms with Gasteiger partial charge in [0.1, 0.15) is 21.5 Å². The molecule has 37 heavy (non-hydrogen) atoms. The van der Waals surface area contributed by atoms with Gasteiger partial charge >= 0.3 is 0 Å². The number of pyridine rings is 1. The number of H-pyrrole nitrogens is 1. The standard InChI is InChI=1S/C25H16F3N3O4S2/c26-14-3-1-2-12(8-14)25(33)31-18-5-4-17(27)21(22(18)28)23(32)16-11-30-24-15(16)9-13(10-29-24)19-6-7-20(36-19)37(34)35/h3-11H,1-2H2,(H,29,30)(H,31,33)(H,34,35). The molecule has 3 heterocycles. The monoisotopic (exact) mass is 543 g/mol. The van der Waals surface area contributed by atoms with Gasteiger partial charge in [-0.15, -0.1) is 11.3 Å². The van der Waals surface area contributed by atoms with Crippen LogP contribution < -0.4 is 5.32 Å². The molecule has 7 nitrogen and oxygen atoms in total. The molecule has 1 aliphatic carbocycles. The number of aromatic amines is 1. The van der Waals surface area contributed by atoms with E-state index < -0.39 is 51.5 Å². The van der Waals surface area contributed by atoms with E-state index in [2.05, 4.69) is 15.3 Å². The quantitative estimate of drug-likeness (QED) is 0.207. The van der Waals surface area contributed by atoms with Crippen LogP contribution in [0.3, 0.4) is 0 Å². The Kier molecular flexibility index (Phi) is 6.63. The molecule has 1 aromatic carbocycles. The minimum absolute atomic E-state index is 0.0599. The molecule has 5 rings (SSSR count). The lowest BCUT2D eigenvalue weighted by atomic mass is 10.00. The van der Waals surface area contributed by atoms with E-state index in [1.54, 1.807) is 12.1 Å². The summed E-state index contributed by atoms with van der Waals surface area (Å²) in [6, 6.07) is 6.55. The van der Waals surface area contributed by atoms with Crippen LogP contribution in [0, 0.1) is 11.6 Å². The van der Waals surface area contributed by atoms with Crippen LogP contribution in [0.15, 0.2) is 70.5 Å². The number of anilines is 1. The summed E-state index contributed by atoms with van der Waals surface area (Å²) in [6.45, 7) is 0. The Bertz CT molecular complexity index is 1670. The minimum Gasteiger partial charge on any atom is -0.345 e. The second-order valence-corrected chi connectivity index (χ2v) is 10.3. The summed E-state index contributed by atoms with van der Waals surface area (Å²) >= 11 is -1.09. The zero-order chi connectivity index (χ0) is 26.3. The minimum atomic E-state index is -2.15. The number of hydrogen-bond acceptors (Lipinski definition) is 5. The van der Waals surface area contributed by atoms with E-state index in [4.69, 9.17) is 0 Å². The predicted molar refractivity (Wildman–Crippen MR) is 133 cm³/mol. The van der Waals surface area contributed by atoms with Crippen molar-refractivity contribution in [1.82, 2.24) is 9.97 Å². The number of nitrogens with one attached hydrogen (secondary N) is 2. The number of halogens is 3. The SMILES string of the molecule is O=C(Nc1ccc(F)c(C(=O)c2c[nH]c3ncc(-c4ccc(S(=O)O)s4)cc23)c1F)C1=CC(F)=CCC1. The Morgan fingerprint density at radius 2 is 1.97 bits per heavy atom. The topological polar surface area (TPSA) is 112 Å². The molecule has 0 saturated heterocycles. The molecular formula is C25H16F3N3O4S2. The summed E-state index contributed by atoms with van der Waals surface area (Å²) in [4.78, 5) is 33.4. The molecule has 0 fully saturated rings. The van der Waals surface area contributed by atoms with Crippen molar-refractivity contribution in [1.29, 1.82) is 0 Å². The molecule has 4 aromatic rings. The van der Waals surface area contributed by atoms with Crippen molar-refractivity contribution in [3.8, 4) is 10.4 Å². The fourth-order valence-corrected chi connectivity index (χ4v) is 5.39. The maximum atomic E-state index is 15.3. The normalized spacial score (nSPS) is 14.3. The Morgan fingerprint density at radius 3 is 2.70 bits per heavy atom. The second kappa shape index (κ2) is 9.88. The second-order valence-electron chi connectivity index (χ2n) is 8.05. The van der Waals surface area contributed by atoms with Gasteiger partial charge in [0.15, 0.2) is 16.9 Å². The largest absolute Gasteiger partial charge is 0.345 e. The maximum absolute atomic E-state index is 15.3. The van der Waals surface area contributed by atoms with Crippen molar-refractivity contribution in [2.75, 3.05) is 5.32 Å². The first-order valence-corrected chi connectivity index (χ1v) is 12.7. The number of aromatic nitrogens is 2. The zero-order valence-electron chi connectivity index (χ0n) is 18.7. The lowest BCUT2D eigenvalue weighted by Crippen LogP contribution is -2.18. The number of hydrogen-bond donors (Lipinski definition) is 3. The smallest absolute Gasteiger partial charge is 0.251 e. The molecule has 0 aliphatic heterocycles. The van der Waals surface area contributed by atoms with Crippen LogP contribution >= 0.6 is 11.3 Å². The van der Waals surface area contributed by atoms with Crippen LogP contribution in [0.1, 0.15) is 28.8 Å². The van der Waals surface area contributed by atoms with Gasteiger partial charge in [-0.25, -0.2) is 22.4 Å². The van der Waals surface area contributed by atoms with Gasteiger partial charge < -0.3 is 14.9 Å². The van der Waals surface area contributed by atoms with Crippen molar-refractivity contribution < 1.29 is 31.5 Å². The predicted octanol–water partition coefficient (Wildman–Crippen LogP) is 5.89. The van der Waals surface area contributed by atoms with Crippen LogP contribution in [-0.4, -0.2) is 30.4 Å². The van der Waals surface area contributed by atoms with Crippen molar-refractivity contribution in [3.05, 3.63) is 89.0 Å². The highest BCUT2D eigenvalue weighted by molar-refractivity contribution is 7.81. The highest BCUT2D eigenvalue weighted by Gasteiger charge is 2.26. The van der Waals surface area contributed by atoms with Crippen molar-refractivity contribution in [2.45, 2.75) is 17.1 Å². The fraction of sp³-hybridized carbons (Fsp3) is 0.0800. The maximum Gasteiger partial charge on any atom is 0.251 e. The summed E-state index contributed by atoms with van der Waals surface area (Å²) in [5, 5.41) is 2.57. The molecule has 3 aromatic heterocycles. The summed E-state index contributed by atoms with van der Waals surface area (Å²) < 4.78 is 64.4. The third-order valence-electron chi connectivity index (χ3n) is 5.74. The summed E-state index contributed by atoms with van der Waals surface area (Å²) in [6.07, 6.45) is 5.69. The number of nitrogens with zero attached hydrogens (tertiary/aromatic N) is 1. The Labute approximate surface area is 214 Å². The van der Waals surface area contributed by atoms with E-state index in [9.17, 15) is 27.1 Å². The van der Waals surface area contributed by atoms with Gasteiger partial charge in [0, 0.05) is 39.4 Å². The van der Waals surface area contributed by atoms with Gasteiger partial charge in [-0.2, -0.15) is 0 Å². The van der Waals surface area contributed by atoms with Crippen LogP contribution in [0.4, 0.5) is 18.9 Å². The number of benzene rings is 1. The lowest BCUT2D eigenvalue weighted by molar-refractivity contribution is -0.113. The summed E-state index contributed by atoms with van der Waals surface area (Å²) in [5.74, 6) is -4.71. The number of amides is 1. The first-order valence-electron chi connectivity index (χ1n) is 10.8. The number of allylic oxidation sites excluding steroid dienone is 3. The van der Waals surface area contributed by atoms with E-state index in [0.29, 0.717) is 22.5 Å². The van der Waals surface area contributed by atoms with Crippen molar-refractivity contribution in [2.24, 2.45) is 0 Å². The Hall–Kier alpha value is -3.87. The number of carbonyl (C=O) groups is 2. The van der Waals surface area contributed by atoms with Crippen LogP contribution in [-0.2, 0) is 15.9 Å². The fourth-order valence-electron chi connectivity index (χ4n) is 3.93. The third kappa shape index (κ3) is 4.78. The van der Waals surface area contributed by atoms with Gasteiger partial charge in [0.2, 0.25) is 5.78 Å². The lowest BCUT2D eigenvalue weighted by Gasteiger charge is -2.13. The Morgan fingerprint density at radius 1 is 1.16 bits per heavy atom. The molecule has 0 saturated carbocycles. The molecule has 1 amide bonds. The molecule has 3 N–H and O–H groups in total. The van der Waals surface area contributed by atoms with Gasteiger partial charge in [-0.05, 0) is 55.3 Å². The van der Waals surface area contributed by atoms with Gasteiger partial charge in [-0.1, -0.05) is 0 Å². The zero-order valence-corrected chi connectivity index (χ0v) is 20.3. The van der Waals surface area contributed by atoms with Crippen molar-refractivity contribution in [3.63, 3.8) is 0 Å². The number of rotatable bonds is 6. The van der Waals surface area contributed by atoms with Gasteiger partial charge in [0.05, 0.1) is 11.3 Å². The molecular weight excluding hydrogens is 527 g/mol. The Balaban J connectivity index is 1.50. The summed E-state index contributed by atoms with van der Waals surface area (Å²) in [5.41, 5.74) is -0.440. The number of thiophene rings is 1. The first-order chi connectivity index (χ1) is 17.7. The van der Waals surface area contributed by atoms with E-state index in [-0.39, 0.29) is 27.2 Å². The molecule has 12 heteroatoms. The number of ketones is 1. The average molecular weight is 544 g/mol.